The Labute approximate surface area is 227 Å². The Hall–Kier alpha value is -2.66. The molecule has 4 rings (SSSR count). The SMILES string of the molecule is COCCCc1cc(CN(C(=O)[C@H]2CN(C(=O)O)CC[C@]2(O)c2cccs2)C2CC2)cc(OCCOC)c1. The molecule has 1 aromatic heterocycles. The molecular weight excluding hydrogens is 508 g/mol. The van der Waals surface area contributed by atoms with Crippen molar-refractivity contribution in [2.75, 3.05) is 47.1 Å². The van der Waals surface area contributed by atoms with Gasteiger partial charge in [0.05, 0.1) is 12.5 Å². The van der Waals surface area contributed by atoms with Crippen LogP contribution in [0.2, 0.25) is 0 Å². The lowest BCUT2D eigenvalue weighted by molar-refractivity contribution is -0.154. The summed E-state index contributed by atoms with van der Waals surface area (Å²) in [5.41, 5.74) is 0.638. The zero-order valence-corrected chi connectivity index (χ0v) is 23.0. The van der Waals surface area contributed by atoms with E-state index >= 15 is 0 Å². The summed E-state index contributed by atoms with van der Waals surface area (Å²) in [6.45, 7) is 2.06. The van der Waals surface area contributed by atoms with Crippen molar-refractivity contribution in [3.63, 3.8) is 0 Å². The number of ether oxygens (including phenoxy) is 3. The van der Waals surface area contributed by atoms with Crippen molar-refractivity contribution in [2.45, 2.75) is 50.3 Å². The first-order valence-corrected chi connectivity index (χ1v) is 14.0. The third kappa shape index (κ3) is 6.85. The molecule has 1 aliphatic carbocycles. The molecule has 2 aliphatic rings. The van der Waals surface area contributed by atoms with Gasteiger partial charge < -0.3 is 34.2 Å². The van der Waals surface area contributed by atoms with Gasteiger partial charge in [-0.25, -0.2) is 4.79 Å². The van der Waals surface area contributed by atoms with Crippen LogP contribution in [0.1, 0.15) is 41.7 Å². The molecule has 2 amide bonds. The summed E-state index contributed by atoms with van der Waals surface area (Å²) in [4.78, 5) is 29.7. The molecule has 0 unspecified atom stereocenters. The standard InChI is InChI=1S/C28H38N2O7S/c1-35-11-3-5-20-15-21(17-23(16-20)37-13-12-36-2)18-30(22-7-8-22)26(31)24-19-29(27(32)33)10-9-28(24,34)25-6-4-14-38-25/h4,6,14-17,22,24,34H,3,5,7-13,18-19H2,1-2H3,(H,32,33)/t24-,28-/m1/s1. The number of carbonyl (C=O) groups is 2. The average Bonchev–Trinajstić information content (AvgIpc) is 3.58. The summed E-state index contributed by atoms with van der Waals surface area (Å²) in [5.74, 6) is -0.366. The number of carbonyl (C=O) groups excluding carboxylic acids is 1. The molecule has 10 heteroatoms. The van der Waals surface area contributed by atoms with Gasteiger partial charge in [-0.3, -0.25) is 4.79 Å². The van der Waals surface area contributed by atoms with Gasteiger partial charge in [0.1, 0.15) is 18.0 Å². The predicted octanol–water partition coefficient (Wildman–Crippen LogP) is 3.73. The Bertz CT molecular complexity index is 1050. The van der Waals surface area contributed by atoms with Crippen LogP contribution in [0.15, 0.2) is 35.7 Å². The van der Waals surface area contributed by atoms with Gasteiger partial charge in [-0.2, -0.15) is 0 Å². The second kappa shape index (κ2) is 12.9. The lowest BCUT2D eigenvalue weighted by atomic mass is 9.78. The first-order valence-electron chi connectivity index (χ1n) is 13.1. The fourth-order valence-electron chi connectivity index (χ4n) is 5.10. The van der Waals surface area contributed by atoms with Gasteiger partial charge >= 0.3 is 6.09 Å². The molecular formula is C28H38N2O7S. The van der Waals surface area contributed by atoms with Crippen LogP contribution in [0.3, 0.4) is 0 Å². The Kier molecular flexibility index (Phi) is 9.64. The van der Waals surface area contributed by atoms with Crippen molar-refractivity contribution < 1.29 is 34.0 Å². The molecule has 2 aromatic rings. The molecule has 1 aromatic carbocycles. The van der Waals surface area contributed by atoms with E-state index in [0.29, 0.717) is 31.2 Å². The topological polar surface area (TPSA) is 109 Å². The van der Waals surface area contributed by atoms with E-state index in [2.05, 4.69) is 6.07 Å². The maximum absolute atomic E-state index is 14.1. The summed E-state index contributed by atoms with van der Waals surface area (Å²) in [5, 5.41) is 23.3. The zero-order chi connectivity index (χ0) is 27.1. The van der Waals surface area contributed by atoms with E-state index in [-0.39, 0.29) is 31.5 Å². The van der Waals surface area contributed by atoms with Gasteiger partial charge in [-0.05, 0) is 66.8 Å². The quantitative estimate of drug-likeness (QED) is 0.369. The molecule has 2 fully saturated rings. The van der Waals surface area contributed by atoms with Crippen LogP contribution in [-0.2, 0) is 32.8 Å². The highest BCUT2D eigenvalue weighted by atomic mass is 32.1. The smallest absolute Gasteiger partial charge is 0.407 e. The van der Waals surface area contributed by atoms with Crippen molar-refractivity contribution in [1.29, 1.82) is 0 Å². The minimum Gasteiger partial charge on any atom is -0.491 e. The highest BCUT2D eigenvalue weighted by Gasteiger charge is 2.51. The number of aliphatic hydroxyl groups is 1. The average molecular weight is 547 g/mol. The van der Waals surface area contributed by atoms with E-state index < -0.39 is 17.6 Å². The van der Waals surface area contributed by atoms with Crippen molar-refractivity contribution >= 4 is 23.3 Å². The largest absolute Gasteiger partial charge is 0.491 e. The van der Waals surface area contributed by atoms with Crippen LogP contribution in [0.4, 0.5) is 4.79 Å². The first-order chi connectivity index (χ1) is 18.4. The fraction of sp³-hybridized carbons (Fsp3) is 0.571. The lowest BCUT2D eigenvalue weighted by Gasteiger charge is -2.44. The first kappa shape index (κ1) is 28.4. The number of amides is 2. The molecule has 38 heavy (non-hydrogen) atoms. The van der Waals surface area contributed by atoms with Crippen LogP contribution in [0.5, 0.6) is 5.75 Å². The third-order valence-electron chi connectivity index (χ3n) is 7.28. The summed E-state index contributed by atoms with van der Waals surface area (Å²) in [7, 11) is 3.31. The number of hydrogen-bond acceptors (Lipinski definition) is 7. The highest BCUT2D eigenvalue weighted by molar-refractivity contribution is 7.10. The number of methoxy groups -OCH3 is 2. The molecule has 0 radical (unpaired) electrons. The minimum absolute atomic E-state index is 0.0335. The normalized spacial score (nSPS) is 21.3. The van der Waals surface area contributed by atoms with E-state index in [1.807, 2.05) is 34.5 Å². The van der Waals surface area contributed by atoms with Crippen molar-refractivity contribution in [2.24, 2.45) is 5.92 Å². The van der Waals surface area contributed by atoms with Gasteiger partial charge in [0.25, 0.3) is 0 Å². The number of piperidine rings is 1. The van der Waals surface area contributed by atoms with Gasteiger partial charge in [-0.15, -0.1) is 11.3 Å². The fourth-order valence-corrected chi connectivity index (χ4v) is 6.01. The van der Waals surface area contributed by atoms with E-state index in [1.165, 1.54) is 16.2 Å². The Balaban J connectivity index is 1.60. The third-order valence-corrected chi connectivity index (χ3v) is 8.32. The van der Waals surface area contributed by atoms with Crippen LogP contribution < -0.4 is 4.74 Å². The van der Waals surface area contributed by atoms with Crippen molar-refractivity contribution in [3.05, 3.63) is 51.7 Å². The van der Waals surface area contributed by atoms with E-state index in [9.17, 15) is 19.8 Å². The lowest BCUT2D eigenvalue weighted by Crippen LogP contribution is -2.57. The highest BCUT2D eigenvalue weighted by Crippen LogP contribution is 2.42. The second-order valence-electron chi connectivity index (χ2n) is 10.1. The number of thiophene rings is 1. The van der Waals surface area contributed by atoms with Gasteiger partial charge in [0.15, 0.2) is 0 Å². The second-order valence-corrected chi connectivity index (χ2v) is 11.0. The van der Waals surface area contributed by atoms with Crippen LogP contribution in [-0.4, -0.2) is 85.2 Å². The molecule has 2 atom stereocenters. The molecule has 9 nitrogen and oxygen atoms in total. The number of rotatable bonds is 13. The number of carboxylic acid groups (broad SMARTS) is 1. The van der Waals surface area contributed by atoms with Crippen molar-refractivity contribution in [1.82, 2.24) is 9.80 Å². The Morgan fingerprint density at radius 2 is 1.89 bits per heavy atom. The van der Waals surface area contributed by atoms with E-state index in [0.717, 1.165) is 42.6 Å². The maximum atomic E-state index is 14.1. The molecule has 208 valence electrons. The summed E-state index contributed by atoms with van der Waals surface area (Å²) in [6, 6.07) is 9.81. The predicted molar refractivity (Wildman–Crippen MR) is 144 cm³/mol. The molecule has 1 saturated heterocycles. The molecule has 0 bridgehead atoms. The number of hydrogen-bond donors (Lipinski definition) is 2. The summed E-state index contributed by atoms with van der Waals surface area (Å²) < 4.78 is 16.3. The van der Waals surface area contributed by atoms with Gasteiger partial charge in [0, 0.05) is 51.4 Å². The summed E-state index contributed by atoms with van der Waals surface area (Å²) >= 11 is 1.40. The molecule has 0 spiro atoms. The van der Waals surface area contributed by atoms with E-state index in [4.69, 9.17) is 14.2 Å². The molecule has 2 heterocycles. The number of aryl methyl sites for hydroxylation is 1. The Morgan fingerprint density at radius 3 is 2.55 bits per heavy atom. The molecule has 1 saturated carbocycles. The molecule has 2 N–H and O–H groups in total. The maximum Gasteiger partial charge on any atom is 0.407 e. The van der Waals surface area contributed by atoms with Gasteiger partial charge in [0.2, 0.25) is 5.91 Å². The number of likely N-dealkylation sites (tertiary alicyclic amines) is 1. The minimum atomic E-state index is -1.40. The van der Waals surface area contributed by atoms with Crippen LogP contribution in [0, 0.1) is 5.92 Å². The van der Waals surface area contributed by atoms with Crippen LogP contribution >= 0.6 is 11.3 Å². The Morgan fingerprint density at radius 1 is 1.13 bits per heavy atom. The van der Waals surface area contributed by atoms with Crippen LogP contribution in [0.25, 0.3) is 0 Å². The monoisotopic (exact) mass is 546 g/mol. The van der Waals surface area contributed by atoms with Crippen molar-refractivity contribution in [3.8, 4) is 5.75 Å². The number of benzene rings is 1. The number of nitrogens with zero attached hydrogens (tertiary/aromatic N) is 2. The molecule has 1 aliphatic heterocycles. The zero-order valence-electron chi connectivity index (χ0n) is 22.1. The van der Waals surface area contributed by atoms with Gasteiger partial charge in [-0.1, -0.05) is 12.1 Å². The summed E-state index contributed by atoms with van der Waals surface area (Å²) in [6.07, 6.45) is 2.57. The van der Waals surface area contributed by atoms with E-state index in [1.54, 1.807) is 14.2 Å².